The number of carbonyl (C=O) groups excluding carboxylic acids is 4. The van der Waals surface area contributed by atoms with Crippen LogP contribution in [0.1, 0.15) is 17.5 Å². The summed E-state index contributed by atoms with van der Waals surface area (Å²) in [6.45, 7) is 0.193. The Balaban J connectivity index is 1.55. The minimum atomic E-state index is -1.49. The first kappa shape index (κ1) is 20.7. The molecule has 0 radical (unpaired) electrons. The summed E-state index contributed by atoms with van der Waals surface area (Å²) in [5, 5.41) is 6.24. The van der Waals surface area contributed by atoms with Gasteiger partial charge in [0, 0.05) is 24.6 Å². The number of fused-ring (bicyclic) bond motifs is 4. The van der Waals surface area contributed by atoms with Crippen molar-refractivity contribution in [3.05, 3.63) is 64.7 Å². The normalized spacial score (nSPS) is 28.2. The Morgan fingerprint density at radius 1 is 1.06 bits per heavy atom. The summed E-state index contributed by atoms with van der Waals surface area (Å²) in [4.78, 5) is 53.2. The standard InChI is InChI=1S/C23H21ClN4O4/c24-14-8-4-7-13-19(14)26-22(32)23(13)18-17(15(27-23)11-16(25)29)20(30)28(21(18)31)10-9-12-5-2-1-3-6-12/h1-8,15,17-18,27H,9-11H2,(H2,25,29)(H,26,32)/t15-,17-,18-,23-/m0/s1. The van der Waals surface area contributed by atoms with E-state index in [0.29, 0.717) is 22.7 Å². The Kier molecular flexibility index (Phi) is 4.79. The van der Waals surface area contributed by atoms with Crippen molar-refractivity contribution in [2.45, 2.75) is 24.4 Å². The van der Waals surface area contributed by atoms with Gasteiger partial charge in [0.2, 0.25) is 23.6 Å². The second-order valence-electron chi connectivity index (χ2n) is 8.41. The molecule has 3 heterocycles. The van der Waals surface area contributed by atoms with Gasteiger partial charge < -0.3 is 11.1 Å². The Morgan fingerprint density at radius 2 is 1.81 bits per heavy atom. The van der Waals surface area contributed by atoms with E-state index in [9.17, 15) is 19.2 Å². The van der Waals surface area contributed by atoms with Crippen LogP contribution in [-0.2, 0) is 31.1 Å². The smallest absolute Gasteiger partial charge is 0.250 e. The molecule has 9 heteroatoms. The molecule has 2 aromatic rings. The van der Waals surface area contributed by atoms with E-state index in [1.54, 1.807) is 18.2 Å². The highest BCUT2D eigenvalue weighted by atomic mass is 35.5. The number of nitrogens with two attached hydrogens (primary N) is 1. The highest BCUT2D eigenvalue weighted by molar-refractivity contribution is 6.35. The quantitative estimate of drug-likeness (QED) is 0.588. The monoisotopic (exact) mass is 452 g/mol. The summed E-state index contributed by atoms with van der Waals surface area (Å²) in [5.41, 5.74) is 5.85. The number of benzene rings is 2. The molecule has 0 unspecified atom stereocenters. The van der Waals surface area contributed by atoms with Gasteiger partial charge in [-0.25, -0.2) is 0 Å². The molecule has 0 saturated carbocycles. The molecule has 5 rings (SSSR count). The third-order valence-electron chi connectivity index (χ3n) is 6.68. The second kappa shape index (κ2) is 7.43. The molecule has 0 aromatic heterocycles. The predicted octanol–water partition coefficient (Wildman–Crippen LogP) is 1.18. The van der Waals surface area contributed by atoms with Crippen LogP contribution in [-0.4, -0.2) is 41.1 Å². The van der Waals surface area contributed by atoms with Gasteiger partial charge in [-0.3, -0.25) is 29.4 Å². The van der Waals surface area contributed by atoms with Gasteiger partial charge in [-0.2, -0.15) is 0 Å². The van der Waals surface area contributed by atoms with E-state index in [1.165, 1.54) is 4.90 Å². The number of imide groups is 1. The molecular formula is C23H21ClN4O4. The molecule has 2 aromatic carbocycles. The van der Waals surface area contributed by atoms with E-state index in [1.807, 2.05) is 30.3 Å². The van der Waals surface area contributed by atoms with Crippen molar-refractivity contribution < 1.29 is 19.2 Å². The van der Waals surface area contributed by atoms with Crippen LogP contribution >= 0.6 is 11.6 Å². The molecule has 0 aliphatic carbocycles. The predicted molar refractivity (Wildman–Crippen MR) is 116 cm³/mol. The summed E-state index contributed by atoms with van der Waals surface area (Å²) in [6.07, 6.45) is 0.324. The second-order valence-corrected chi connectivity index (χ2v) is 8.82. The zero-order valence-electron chi connectivity index (χ0n) is 17.0. The molecule has 4 atom stereocenters. The molecule has 3 aliphatic rings. The fraction of sp³-hybridized carbons (Fsp3) is 0.304. The summed E-state index contributed by atoms with van der Waals surface area (Å²) >= 11 is 6.29. The maximum absolute atomic E-state index is 13.6. The third kappa shape index (κ3) is 2.87. The van der Waals surface area contributed by atoms with Gasteiger partial charge in [-0.05, 0) is 18.1 Å². The number of amides is 4. The lowest BCUT2D eigenvalue weighted by Crippen LogP contribution is -2.53. The molecule has 2 saturated heterocycles. The fourth-order valence-corrected chi connectivity index (χ4v) is 5.57. The van der Waals surface area contributed by atoms with E-state index in [-0.39, 0.29) is 13.0 Å². The number of hydrogen-bond acceptors (Lipinski definition) is 5. The third-order valence-corrected chi connectivity index (χ3v) is 6.99. The van der Waals surface area contributed by atoms with Gasteiger partial charge in [-0.15, -0.1) is 0 Å². The first-order chi connectivity index (χ1) is 15.3. The summed E-state index contributed by atoms with van der Waals surface area (Å²) in [6, 6.07) is 13.8. The molecule has 164 valence electrons. The van der Waals surface area contributed by atoms with E-state index < -0.39 is 47.0 Å². The first-order valence-corrected chi connectivity index (χ1v) is 10.8. The van der Waals surface area contributed by atoms with Crippen molar-refractivity contribution in [1.29, 1.82) is 0 Å². The van der Waals surface area contributed by atoms with Gasteiger partial charge in [0.05, 0.1) is 22.5 Å². The van der Waals surface area contributed by atoms with Gasteiger partial charge in [0.15, 0.2) is 0 Å². The molecule has 3 aliphatic heterocycles. The van der Waals surface area contributed by atoms with Crippen LogP contribution in [0.4, 0.5) is 5.69 Å². The number of nitrogens with one attached hydrogen (secondary N) is 2. The van der Waals surface area contributed by atoms with Crippen molar-refractivity contribution in [2.24, 2.45) is 17.6 Å². The zero-order chi connectivity index (χ0) is 22.6. The van der Waals surface area contributed by atoms with Crippen LogP contribution in [0.2, 0.25) is 5.02 Å². The largest absolute Gasteiger partial charge is 0.370 e. The number of halogens is 1. The van der Waals surface area contributed by atoms with Crippen molar-refractivity contribution in [3.63, 3.8) is 0 Å². The van der Waals surface area contributed by atoms with Crippen LogP contribution < -0.4 is 16.4 Å². The number of para-hydroxylation sites is 1. The fourth-order valence-electron chi connectivity index (χ4n) is 5.35. The van der Waals surface area contributed by atoms with Crippen molar-refractivity contribution in [1.82, 2.24) is 10.2 Å². The van der Waals surface area contributed by atoms with Crippen molar-refractivity contribution in [2.75, 3.05) is 11.9 Å². The lowest BCUT2D eigenvalue weighted by Gasteiger charge is -2.29. The Bertz CT molecular complexity index is 1150. The number of hydrogen-bond donors (Lipinski definition) is 3. The van der Waals surface area contributed by atoms with Crippen LogP contribution in [0, 0.1) is 11.8 Å². The molecule has 0 bridgehead atoms. The number of carbonyl (C=O) groups is 4. The number of anilines is 1. The van der Waals surface area contributed by atoms with Crippen LogP contribution in [0.5, 0.6) is 0 Å². The topological polar surface area (TPSA) is 122 Å². The number of nitrogens with zero attached hydrogens (tertiary/aromatic N) is 1. The lowest BCUT2D eigenvalue weighted by atomic mass is 9.76. The zero-order valence-corrected chi connectivity index (χ0v) is 17.8. The number of likely N-dealkylation sites (tertiary alicyclic amines) is 1. The Hall–Kier alpha value is -3.23. The maximum atomic E-state index is 13.6. The van der Waals surface area contributed by atoms with E-state index >= 15 is 0 Å². The average Bonchev–Trinajstić information content (AvgIpc) is 3.33. The van der Waals surface area contributed by atoms with Crippen molar-refractivity contribution in [3.8, 4) is 0 Å². The Labute approximate surface area is 189 Å². The molecule has 32 heavy (non-hydrogen) atoms. The molecule has 4 N–H and O–H groups in total. The highest BCUT2D eigenvalue weighted by Crippen LogP contribution is 2.54. The molecular weight excluding hydrogens is 432 g/mol. The SMILES string of the molecule is NC(=O)C[C@@H]1N[C@]2(C(=O)Nc3c(Cl)cccc32)[C@@H]2C(=O)N(CCc3ccccc3)C(=O)[C@@H]12. The molecule has 2 fully saturated rings. The van der Waals surface area contributed by atoms with Gasteiger partial charge in [0.1, 0.15) is 5.54 Å². The van der Waals surface area contributed by atoms with E-state index in [2.05, 4.69) is 10.6 Å². The van der Waals surface area contributed by atoms with Crippen LogP contribution in [0.25, 0.3) is 0 Å². The van der Waals surface area contributed by atoms with Crippen molar-refractivity contribution >= 4 is 40.9 Å². The molecule has 1 spiro atoms. The summed E-state index contributed by atoms with van der Waals surface area (Å²) in [7, 11) is 0. The summed E-state index contributed by atoms with van der Waals surface area (Å²) in [5.74, 6) is -3.77. The lowest BCUT2D eigenvalue weighted by molar-refractivity contribution is -0.142. The van der Waals surface area contributed by atoms with Gasteiger partial charge >= 0.3 is 0 Å². The van der Waals surface area contributed by atoms with Crippen LogP contribution in [0.3, 0.4) is 0 Å². The molecule has 4 amide bonds. The van der Waals surface area contributed by atoms with Crippen LogP contribution in [0.15, 0.2) is 48.5 Å². The summed E-state index contributed by atoms with van der Waals surface area (Å²) < 4.78 is 0. The number of rotatable bonds is 5. The first-order valence-electron chi connectivity index (χ1n) is 10.4. The van der Waals surface area contributed by atoms with Gasteiger partial charge in [-0.1, -0.05) is 54.1 Å². The van der Waals surface area contributed by atoms with E-state index in [0.717, 1.165) is 5.56 Å². The average molecular weight is 453 g/mol. The Morgan fingerprint density at radius 3 is 2.53 bits per heavy atom. The molecule has 8 nitrogen and oxygen atoms in total. The highest BCUT2D eigenvalue weighted by Gasteiger charge is 2.70. The van der Waals surface area contributed by atoms with E-state index in [4.69, 9.17) is 17.3 Å². The number of primary amides is 1. The minimum absolute atomic E-state index is 0.169. The van der Waals surface area contributed by atoms with Gasteiger partial charge in [0.25, 0.3) is 0 Å². The maximum Gasteiger partial charge on any atom is 0.250 e. The minimum Gasteiger partial charge on any atom is -0.370 e.